The first kappa shape index (κ1) is 13.5. The molecule has 0 aliphatic rings. The van der Waals surface area contributed by atoms with Gasteiger partial charge in [0.15, 0.2) is 0 Å². The van der Waals surface area contributed by atoms with Gasteiger partial charge in [-0.15, -0.1) is 0 Å². The summed E-state index contributed by atoms with van der Waals surface area (Å²) in [7, 11) is 1.85. The van der Waals surface area contributed by atoms with Crippen molar-refractivity contribution < 1.29 is 4.79 Å². The summed E-state index contributed by atoms with van der Waals surface area (Å²) in [5, 5.41) is 0. The van der Waals surface area contributed by atoms with E-state index in [9.17, 15) is 4.79 Å². The van der Waals surface area contributed by atoms with Gasteiger partial charge in [0, 0.05) is 19.2 Å². The zero-order valence-electron chi connectivity index (χ0n) is 11.2. The monoisotopic (exact) mass is 231 g/mol. The van der Waals surface area contributed by atoms with Gasteiger partial charge in [0.05, 0.1) is 0 Å². The summed E-state index contributed by atoms with van der Waals surface area (Å²) in [4.78, 5) is 13.8. The third-order valence-electron chi connectivity index (χ3n) is 2.86. The maximum atomic E-state index is 12.0. The zero-order valence-corrected chi connectivity index (χ0v) is 11.2. The summed E-state index contributed by atoms with van der Waals surface area (Å²) in [6.45, 7) is 6.65. The molecule has 92 valence electrons. The fraction of sp³-hybridized carbons (Fsp3) is 0.400. The predicted molar refractivity (Wildman–Crippen MR) is 71.7 cm³/mol. The minimum atomic E-state index is 0.107. The van der Waals surface area contributed by atoms with Crippen molar-refractivity contribution in [2.45, 2.75) is 33.7 Å². The Bertz CT molecular complexity index is 421. The summed E-state index contributed by atoms with van der Waals surface area (Å²) in [6.07, 6.45) is 2.87. The van der Waals surface area contributed by atoms with E-state index in [1.807, 2.05) is 39.1 Å². The molecule has 0 atom stereocenters. The van der Waals surface area contributed by atoms with Crippen LogP contribution in [-0.4, -0.2) is 17.9 Å². The van der Waals surface area contributed by atoms with Crippen molar-refractivity contribution in [1.82, 2.24) is 4.90 Å². The van der Waals surface area contributed by atoms with Crippen molar-refractivity contribution in [2.75, 3.05) is 7.05 Å². The number of aryl methyl sites for hydroxylation is 1. The Morgan fingerprint density at radius 2 is 2.00 bits per heavy atom. The van der Waals surface area contributed by atoms with Gasteiger partial charge in [-0.05, 0) is 31.4 Å². The van der Waals surface area contributed by atoms with E-state index in [1.165, 1.54) is 11.1 Å². The lowest BCUT2D eigenvalue weighted by molar-refractivity contribution is -0.126. The number of carbonyl (C=O) groups is 1. The first-order valence-corrected chi connectivity index (χ1v) is 6.03. The highest BCUT2D eigenvalue weighted by Crippen LogP contribution is 2.11. The molecule has 2 heteroatoms. The molecule has 0 aromatic heterocycles. The molecule has 0 aliphatic heterocycles. The van der Waals surface area contributed by atoms with Crippen molar-refractivity contribution in [1.29, 1.82) is 0 Å². The third-order valence-corrected chi connectivity index (χ3v) is 2.86. The van der Waals surface area contributed by atoms with E-state index < -0.39 is 0 Å². The van der Waals surface area contributed by atoms with Crippen LogP contribution in [0.5, 0.6) is 0 Å². The molecule has 0 spiro atoms. The molecule has 0 N–H and O–H groups in total. The van der Waals surface area contributed by atoms with E-state index in [4.69, 9.17) is 0 Å². The Balaban J connectivity index is 2.73. The van der Waals surface area contributed by atoms with Gasteiger partial charge in [0.1, 0.15) is 0 Å². The van der Waals surface area contributed by atoms with Crippen LogP contribution in [0.15, 0.2) is 35.9 Å². The van der Waals surface area contributed by atoms with Crippen LogP contribution in [0.4, 0.5) is 0 Å². The second kappa shape index (κ2) is 6.24. The maximum absolute atomic E-state index is 12.0. The van der Waals surface area contributed by atoms with Crippen LogP contribution >= 0.6 is 0 Å². The summed E-state index contributed by atoms with van der Waals surface area (Å²) in [6, 6.07) is 8.17. The number of allylic oxidation sites excluding steroid dienone is 1. The summed E-state index contributed by atoms with van der Waals surface area (Å²) < 4.78 is 0. The molecule has 1 aromatic rings. The van der Waals surface area contributed by atoms with E-state index in [0.717, 1.165) is 12.0 Å². The second-order valence-electron chi connectivity index (χ2n) is 4.38. The molecule has 0 saturated heterocycles. The minimum absolute atomic E-state index is 0.107. The highest BCUT2D eigenvalue weighted by molar-refractivity contribution is 5.92. The standard InChI is InChI=1S/C15H21NO/c1-5-8-13(3)15(17)16(4)11-14-10-7-6-9-12(14)2/h6-10H,5,11H2,1-4H3/b13-8+. The van der Waals surface area contributed by atoms with Gasteiger partial charge >= 0.3 is 0 Å². The Morgan fingerprint density at radius 3 is 2.59 bits per heavy atom. The van der Waals surface area contributed by atoms with Crippen LogP contribution < -0.4 is 0 Å². The second-order valence-corrected chi connectivity index (χ2v) is 4.38. The number of carbonyl (C=O) groups excluding carboxylic acids is 1. The fourth-order valence-electron chi connectivity index (χ4n) is 1.81. The molecule has 0 heterocycles. The van der Waals surface area contributed by atoms with E-state index in [0.29, 0.717) is 6.54 Å². The molecule has 0 saturated carbocycles. The molecular weight excluding hydrogens is 210 g/mol. The molecule has 1 amide bonds. The average molecular weight is 231 g/mol. The van der Waals surface area contributed by atoms with Gasteiger partial charge in [-0.3, -0.25) is 4.79 Å². The largest absolute Gasteiger partial charge is 0.338 e. The Hall–Kier alpha value is -1.57. The van der Waals surface area contributed by atoms with Crippen LogP contribution in [0, 0.1) is 6.92 Å². The molecule has 0 unspecified atom stereocenters. The van der Waals surface area contributed by atoms with Gasteiger partial charge in [0.2, 0.25) is 5.91 Å². The van der Waals surface area contributed by atoms with Crippen LogP contribution in [-0.2, 0) is 11.3 Å². The number of hydrogen-bond acceptors (Lipinski definition) is 1. The molecule has 0 aliphatic carbocycles. The molecule has 1 rings (SSSR count). The van der Waals surface area contributed by atoms with Crippen LogP contribution in [0.25, 0.3) is 0 Å². The lowest BCUT2D eigenvalue weighted by Crippen LogP contribution is -2.27. The predicted octanol–water partition coefficient (Wildman–Crippen LogP) is 3.31. The Morgan fingerprint density at radius 1 is 1.35 bits per heavy atom. The summed E-state index contributed by atoms with van der Waals surface area (Å²) in [5.74, 6) is 0.107. The molecular formula is C15H21NO. The minimum Gasteiger partial charge on any atom is -0.338 e. The number of likely N-dealkylation sites (N-methyl/N-ethyl adjacent to an activating group) is 1. The average Bonchev–Trinajstić information content (AvgIpc) is 2.31. The number of benzene rings is 1. The number of rotatable bonds is 4. The van der Waals surface area contributed by atoms with Crippen molar-refractivity contribution in [3.63, 3.8) is 0 Å². The molecule has 2 nitrogen and oxygen atoms in total. The van der Waals surface area contributed by atoms with Gasteiger partial charge in [0.25, 0.3) is 0 Å². The van der Waals surface area contributed by atoms with Gasteiger partial charge in [-0.25, -0.2) is 0 Å². The van der Waals surface area contributed by atoms with E-state index in [1.54, 1.807) is 4.90 Å². The number of hydrogen-bond donors (Lipinski definition) is 0. The van der Waals surface area contributed by atoms with Gasteiger partial charge in [-0.2, -0.15) is 0 Å². The quantitative estimate of drug-likeness (QED) is 0.728. The molecule has 0 fully saturated rings. The normalized spacial score (nSPS) is 11.4. The first-order chi connectivity index (χ1) is 8.06. The molecule has 1 aromatic carbocycles. The van der Waals surface area contributed by atoms with E-state index in [-0.39, 0.29) is 5.91 Å². The summed E-state index contributed by atoms with van der Waals surface area (Å²) >= 11 is 0. The zero-order chi connectivity index (χ0) is 12.8. The van der Waals surface area contributed by atoms with Crippen molar-refractivity contribution in [3.8, 4) is 0 Å². The Labute approximate surface area is 104 Å². The van der Waals surface area contributed by atoms with Gasteiger partial charge < -0.3 is 4.90 Å². The van der Waals surface area contributed by atoms with Crippen LogP contribution in [0.3, 0.4) is 0 Å². The van der Waals surface area contributed by atoms with Crippen molar-refractivity contribution in [3.05, 3.63) is 47.0 Å². The van der Waals surface area contributed by atoms with Crippen molar-refractivity contribution >= 4 is 5.91 Å². The number of amides is 1. The SMILES string of the molecule is CC/C=C(\C)C(=O)N(C)Cc1ccccc1C. The highest BCUT2D eigenvalue weighted by atomic mass is 16.2. The number of nitrogens with zero attached hydrogens (tertiary/aromatic N) is 1. The van der Waals surface area contributed by atoms with Gasteiger partial charge in [-0.1, -0.05) is 37.3 Å². The topological polar surface area (TPSA) is 20.3 Å². The maximum Gasteiger partial charge on any atom is 0.249 e. The molecule has 0 bridgehead atoms. The third kappa shape index (κ3) is 3.74. The first-order valence-electron chi connectivity index (χ1n) is 6.03. The van der Waals surface area contributed by atoms with Crippen LogP contribution in [0.2, 0.25) is 0 Å². The Kier molecular flexibility index (Phi) is 4.95. The molecule has 17 heavy (non-hydrogen) atoms. The van der Waals surface area contributed by atoms with Crippen molar-refractivity contribution in [2.24, 2.45) is 0 Å². The smallest absolute Gasteiger partial charge is 0.249 e. The summed E-state index contributed by atoms with van der Waals surface area (Å²) in [5.41, 5.74) is 3.25. The van der Waals surface area contributed by atoms with E-state index in [2.05, 4.69) is 19.1 Å². The highest BCUT2D eigenvalue weighted by Gasteiger charge is 2.11. The molecule has 0 radical (unpaired) electrons. The lowest BCUT2D eigenvalue weighted by atomic mass is 10.1. The fourth-order valence-corrected chi connectivity index (χ4v) is 1.81. The lowest BCUT2D eigenvalue weighted by Gasteiger charge is -2.18. The van der Waals surface area contributed by atoms with E-state index >= 15 is 0 Å². The van der Waals surface area contributed by atoms with Crippen LogP contribution in [0.1, 0.15) is 31.4 Å².